The lowest BCUT2D eigenvalue weighted by Crippen LogP contribution is -2.07. The predicted molar refractivity (Wildman–Crippen MR) is 70.8 cm³/mol. The third-order valence-corrected chi connectivity index (χ3v) is 3.56. The van der Waals surface area contributed by atoms with Gasteiger partial charge in [0.25, 0.3) is 0 Å². The molecular weight excluding hydrogens is 212 g/mol. The van der Waals surface area contributed by atoms with Crippen LogP contribution in [0.5, 0.6) is 0 Å². The van der Waals surface area contributed by atoms with Crippen LogP contribution in [-0.2, 0) is 9.53 Å². The normalized spacial score (nSPS) is 17.5. The van der Waals surface area contributed by atoms with Crippen LogP contribution in [0.3, 0.4) is 0 Å². The maximum absolute atomic E-state index is 11.1. The van der Waals surface area contributed by atoms with E-state index in [-0.39, 0.29) is 5.97 Å². The van der Waals surface area contributed by atoms with Gasteiger partial charge in [-0.3, -0.25) is 0 Å². The van der Waals surface area contributed by atoms with Crippen molar-refractivity contribution in [3.8, 4) is 0 Å². The number of hydrogen-bond donors (Lipinski definition) is 0. The van der Waals surface area contributed by atoms with Gasteiger partial charge in [0.2, 0.25) is 0 Å². The quantitative estimate of drug-likeness (QED) is 0.299. The highest BCUT2D eigenvalue weighted by molar-refractivity contribution is 5.86. The van der Waals surface area contributed by atoms with Gasteiger partial charge in [-0.1, -0.05) is 51.5 Å². The number of rotatable bonds is 6. The maximum Gasteiger partial charge on any atom is 0.333 e. The number of hydrogen-bond acceptors (Lipinski definition) is 2. The van der Waals surface area contributed by atoms with E-state index in [4.69, 9.17) is 4.74 Å². The fourth-order valence-electron chi connectivity index (χ4n) is 2.48. The van der Waals surface area contributed by atoms with Gasteiger partial charge in [0, 0.05) is 5.57 Å². The number of carbonyl (C=O) groups excluding carboxylic acids is 1. The first-order chi connectivity index (χ1) is 8.20. The Kier molecular flexibility index (Phi) is 6.99. The van der Waals surface area contributed by atoms with Crippen LogP contribution in [-0.4, -0.2) is 12.6 Å². The van der Waals surface area contributed by atoms with Crippen molar-refractivity contribution in [3.63, 3.8) is 0 Å². The van der Waals surface area contributed by atoms with Crippen LogP contribution < -0.4 is 0 Å². The Hall–Kier alpha value is -0.790. The first kappa shape index (κ1) is 14.3. The van der Waals surface area contributed by atoms with Crippen molar-refractivity contribution in [1.29, 1.82) is 0 Å². The van der Waals surface area contributed by atoms with Crippen molar-refractivity contribution >= 4 is 5.97 Å². The number of carbonyl (C=O) groups is 1. The molecule has 1 fully saturated rings. The smallest absolute Gasteiger partial charge is 0.333 e. The van der Waals surface area contributed by atoms with Gasteiger partial charge in [-0.25, -0.2) is 4.79 Å². The lowest BCUT2D eigenvalue weighted by molar-refractivity contribution is -0.139. The molecule has 0 saturated heterocycles. The molecule has 0 heterocycles. The van der Waals surface area contributed by atoms with Crippen LogP contribution in [0.25, 0.3) is 0 Å². The number of ether oxygens (including phenoxy) is 1. The molecule has 1 saturated carbocycles. The zero-order valence-corrected chi connectivity index (χ0v) is 11.2. The van der Waals surface area contributed by atoms with E-state index >= 15 is 0 Å². The van der Waals surface area contributed by atoms with E-state index in [2.05, 4.69) is 6.58 Å². The van der Waals surface area contributed by atoms with Crippen LogP contribution in [0.2, 0.25) is 0 Å². The molecule has 98 valence electrons. The monoisotopic (exact) mass is 238 g/mol. The molecule has 0 amide bonds. The molecular formula is C15H26O2. The average Bonchev–Trinajstić information content (AvgIpc) is 2.56. The molecule has 0 aromatic rings. The van der Waals surface area contributed by atoms with Crippen LogP contribution in [0.4, 0.5) is 0 Å². The Bertz CT molecular complexity index is 237. The summed E-state index contributed by atoms with van der Waals surface area (Å²) in [4.78, 5) is 11.1. The fourth-order valence-corrected chi connectivity index (χ4v) is 2.48. The zero-order chi connectivity index (χ0) is 12.5. The lowest BCUT2D eigenvalue weighted by atomic mass is 9.94. The number of esters is 1. The first-order valence-corrected chi connectivity index (χ1v) is 7.03. The van der Waals surface area contributed by atoms with Gasteiger partial charge in [0.1, 0.15) is 0 Å². The third kappa shape index (κ3) is 6.50. The highest BCUT2D eigenvalue weighted by atomic mass is 16.5. The van der Waals surface area contributed by atoms with Crippen molar-refractivity contribution in [1.82, 2.24) is 0 Å². The minimum atomic E-state index is -0.250. The molecule has 0 aliphatic heterocycles. The Morgan fingerprint density at radius 1 is 1.18 bits per heavy atom. The molecule has 0 aromatic carbocycles. The summed E-state index contributed by atoms with van der Waals surface area (Å²) in [6, 6.07) is 0. The molecule has 1 aliphatic rings. The van der Waals surface area contributed by atoms with Crippen molar-refractivity contribution in [2.24, 2.45) is 5.92 Å². The Morgan fingerprint density at radius 3 is 2.41 bits per heavy atom. The Labute approximate surface area is 105 Å². The van der Waals surface area contributed by atoms with Crippen LogP contribution in [0, 0.1) is 5.92 Å². The third-order valence-electron chi connectivity index (χ3n) is 3.56. The van der Waals surface area contributed by atoms with Gasteiger partial charge in [0.05, 0.1) is 6.61 Å². The SMILES string of the molecule is C=C(C)C(=O)OCCCCC1CCCCCC1. The molecule has 1 rings (SSSR count). The molecule has 17 heavy (non-hydrogen) atoms. The van der Waals surface area contributed by atoms with E-state index in [1.54, 1.807) is 6.92 Å². The highest BCUT2D eigenvalue weighted by Gasteiger charge is 2.11. The van der Waals surface area contributed by atoms with Crippen molar-refractivity contribution in [3.05, 3.63) is 12.2 Å². The molecule has 0 atom stereocenters. The summed E-state index contributed by atoms with van der Waals surface area (Å²) in [5, 5.41) is 0. The maximum atomic E-state index is 11.1. The van der Waals surface area contributed by atoms with E-state index in [0.29, 0.717) is 12.2 Å². The summed E-state index contributed by atoms with van der Waals surface area (Å²) < 4.78 is 5.08. The van der Waals surface area contributed by atoms with Gasteiger partial charge < -0.3 is 4.74 Å². The van der Waals surface area contributed by atoms with Crippen molar-refractivity contribution < 1.29 is 9.53 Å². The minimum Gasteiger partial charge on any atom is -0.462 e. The summed E-state index contributed by atoms with van der Waals surface area (Å²) in [6.45, 7) is 5.81. The van der Waals surface area contributed by atoms with E-state index in [0.717, 1.165) is 12.3 Å². The largest absolute Gasteiger partial charge is 0.462 e. The van der Waals surface area contributed by atoms with Gasteiger partial charge >= 0.3 is 5.97 Å². The van der Waals surface area contributed by atoms with Gasteiger partial charge in [-0.2, -0.15) is 0 Å². The summed E-state index contributed by atoms with van der Waals surface area (Å²) >= 11 is 0. The molecule has 0 spiro atoms. The summed E-state index contributed by atoms with van der Waals surface area (Å²) in [7, 11) is 0. The number of unbranched alkanes of at least 4 members (excludes halogenated alkanes) is 1. The highest BCUT2D eigenvalue weighted by Crippen LogP contribution is 2.26. The van der Waals surface area contributed by atoms with E-state index in [1.807, 2.05) is 0 Å². The molecule has 0 bridgehead atoms. The predicted octanol–water partition coefficient (Wildman–Crippen LogP) is 4.25. The Morgan fingerprint density at radius 2 is 1.82 bits per heavy atom. The second kappa shape index (κ2) is 8.32. The molecule has 2 nitrogen and oxygen atoms in total. The molecule has 0 unspecified atom stereocenters. The minimum absolute atomic E-state index is 0.250. The van der Waals surface area contributed by atoms with Crippen LogP contribution in [0.15, 0.2) is 12.2 Å². The zero-order valence-electron chi connectivity index (χ0n) is 11.2. The van der Waals surface area contributed by atoms with Gasteiger partial charge in [-0.15, -0.1) is 0 Å². The molecule has 2 heteroatoms. The average molecular weight is 238 g/mol. The standard InChI is InChI=1S/C15H26O2/c1-13(2)15(16)17-12-8-7-11-14-9-5-3-4-6-10-14/h14H,1,3-12H2,2H3. The topological polar surface area (TPSA) is 26.3 Å². The van der Waals surface area contributed by atoms with E-state index < -0.39 is 0 Å². The van der Waals surface area contributed by atoms with Crippen LogP contribution >= 0.6 is 0 Å². The second-order valence-electron chi connectivity index (χ2n) is 5.27. The van der Waals surface area contributed by atoms with E-state index in [9.17, 15) is 4.79 Å². The van der Waals surface area contributed by atoms with E-state index in [1.165, 1.54) is 51.4 Å². The first-order valence-electron chi connectivity index (χ1n) is 7.03. The lowest BCUT2D eigenvalue weighted by Gasteiger charge is -2.13. The van der Waals surface area contributed by atoms with Gasteiger partial charge in [0.15, 0.2) is 0 Å². The Balaban J connectivity index is 1.99. The van der Waals surface area contributed by atoms with Crippen molar-refractivity contribution in [2.45, 2.75) is 64.7 Å². The molecule has 1 aliphatic carbocycles. The summed E-state index contributed by atoms with van der Waals surface area (Å²) in [6.07, 6.45) is 12.0. The summed E-state index contributed by atoms with van der Waals surface area (Å²) in [5.41, 5.74) is 0.494. The molecule has 0 N–H and O–H groups in total. The van der Waals surface area contributed by atoms with Crippen LogP contribution in [0.1, 0.15) is 64.7 Å². The summed E-state index contributed by atoms with van der Waals surface area (Å²) in [5.74, 6) is 0.675. The van der Waals surface area contributed by atoms with Gasteiger partial charge in [-0.05, 0) is 25.7 Å². The fraction of sp³-hybridized carbons (Fsp3) is 0.800. The van der Waals surface area contributed by atoms with Crippen molar-refractivity contribution in [2.75, 3.05) is 6.61 Å². The second-order valence-corrected chi connectivity index (χ2v) is 5.27. The molecule has 0 aromatic heterocycles. The molecule has 0 radical (unpaired) electrons.